The Balaban J connectivity index is 1.43. The van der Waals surface area contributed by atoms with Crippen molar-refractivity contribution in [3.05, 3.63) is 28.7 Å². The monoisotopic (exact) mass is 601 g/mol. The second kappa shape index (κ2) is 13.2. The molecular formula is C30H43N5O8. The number of hydrogen-bond acceptors (Lipinski definition) is 8. The zero-order valence-corrected chi connectivity index (χ0v) is 25.4. The van der Waals surface area contributed by atoms with Crippen LogP contribution in [0.15, 0.2) is 23.1 Å². The first-order valence-electron chi connectivity index (χ1n) is 14.9. The highest BCUT2D eigenvalue weighted by Gasteiger charge is 2.54. The van der Waals surface area contributed by atoms with E-state index in [1.165, 1.54) is 30.3 Å². The summed E-state index contributed by atoms with van der Waals surface area (Å²) in [4.78, 5) is 75.8. The van der Waals surface area contributed by atoms with Crippen LogP contribution in [0, 0.1) is 23.7 Å². The van der Waals surface area contributed by atoms with E-state index in [0.717, 1.165) is 32.1 Å². The standard InChI is InChI=1S/C30H43N5O8/c1-16(36)42-23(27(39)31-5)9-8-21(33-29(41)43-30(2,3)4)26(38)32-22-7-6-10-35(28(22)40)15-24(37)34-25-19-12-17-11-18(14-19)20(25)13-17/h6-7,10,17-21,23,25H,8-9,11-15H2,1-5H3,(H,31,39)(H,32,38)(H,33,41)(H,34,37)/t17?,18?,19?,20?,21-,23?,25?/m0/s1. The summed E-state index contributed by atoms with van der Waals surface area (Å²) in [5.74, 6) is 0.252. The van der Waals surface area contributed by atoms with E-state index in [0.29, 0.717) is 17.8 Å². The van der Waals surface area contributed by atoms with E-state index in [2.05, 4.69) is 21.3 Å². The number of rotatable bonds is 11. The lowest BCUT2D eigenvalue weighted by atomic mass is 9.79. The van der Waals surface area contributed by atoms with Gasteiger partial charge in [0.15, 0.2) is 6.10 Å². The molecule has 4 fully saturated rings. The number of ether oxygens (including phenoxy) is 2. The molecule has 1 aromatic heterocycles. The third-order valence-corrected chi connectivity index (χ3v) is 8.55. The van der Waals surface area contributed by atoms with E-state index in [9.17, 15) is 28.8 Å². The average Bonchev–Trinajstić information content (AvgIpc) is 3.32. The number of anilines is 1. The smallest absolute Gasteiger partial charge is 0.408 e. The Bertz CT molecular complexity index is 1300. The average molecular weight is 602 g/mol. The molecule has 13 heteroatoms. The summed E-state index contributed by atoms with van der Waals surface area (Å²) in [5.41, 5.74) is -1.52. The number of nitrogens with zero attached hydrogens (tertiary/aromatic N) is 1. The maximum absolute atomic E-state index is 13.3. The van der Waals surface area contributed by atoms with Crippen molar-refractivity contribution in [1.82, 2.24) is 20.5 Å². The molecular weight excluding hydrogens is 558 g/mol. The predicted octanol–water partition coefficient (Wildman–Crippen LogP) is 1.69. The molecule has 5 rings (SSSR count). The first-order chi connectivity index (χ1) is 20.2. The molecule has 0 saturated heterocycles. The molecule has 4 saturated carbocycles. The fraction of sp³-hybridized carbons (Fsp3) is 0.667. The molecule has 1 heterocycles. The highest BCUT2D eigenvalue weighted by molar-refractivity contribution is 5.96. The van der Waals surface area contributed by atoms with E-state index in [1.807, 2.05) is 0 Å². The third-order valence-electron chi connectivity index (χ3n) is 8.55. The van der Waals surface area contributed by atoms with Crippen LogP contribution in [0.5, 0.6) is 0 Å². The van der Waals surface area contributed by atoms with Crippen molar-refractivity contribution >= 4 is 35.5 Å². The number of amides is 4. The Kier molecular flexibility index (Phi) is 9.81. The van der Waals surface area contributed by atoms with Gasteiger partial charge >= 0.3 is 12.1 Å². The lowest BCUT2D eigenvalue weighted by Gasteiger charge is -2.32. The molecule has 4 aliphatic carbocycles. The molecule has 7 atom stereocenters. The molecule has 4 N–H and O–H groups in total. The van der Waals surface area contributed by atoms with Gasteiger partial charge in [0.1, 0.15) is 23.9 Å². The summed E-state index contributed by atoms with van der Waals surface area (Å²) in [7, 11) is 1.38. The third kappa shape index (κ3) is 8.14. The Morgan fingerprint density at radius 3 is 2.40 bits per heavy atom. The van der Waals surface area contributed by atoms with Crippen LogP contribution in [0.2, 0.25) is 0 Å². The minimum Gasteiger partial charge on any atom is -0.452 e. The summed E-state index contributed by atoms with van der Waals surface area (Å²) in [5, 5.41) is 10.6. The van der Waals surface area contributed by atoms with Crippen molar-refractivity contribution in [2.75, 3.05) is 12.4 Å². The lowest BCUT2D eigenvalue weighted by molar-refractivity contribution is -0.154. The van der Waals surface area contributed by atoms with Crippen LogP contribution in [0.4, 0.5) is 10.5 Å². The number of nitrogens with one attached hydrogen (secondary N) is 4. The quantitative estimate of drug-likeness (QED) is 0.277. The predicted molar refractivity (Wildman–Crippen MR) is 156 cm³/mol. The molecule has 0 radical (unpaired) electrons. The van der Waals surface area contributed by atoms with Crippen molar-refractivity contribution in [3.63, 3.8) is 0 Å². The van der Waals surface area contributed by atoms with E-state index in [1.54, 1.807) is 26.8 Å². The summed E-state index contributed by atoms with van der Waals surface area (Å²) in [6, 6.07) is 1.85. The number of hydrogen-bond donors (Lipinski definition) is 4. The molecule has 0 spiro atoms. The molecule has 6 unspecified atom stereocenters. The van der Waals surface area contributed by atoms with Gasteiger partial charge in [0, 0.05) is 26.2 Å². The summed E-state index contributed by atoms with van der Waals surface area (Å²) >= 11 is 0. The Morgan fingerprint density at radius 2 is 1.74 bits per heavy atom. The van der Waals surface area contributed by atoms with E-state index >= 15 is 0 Å². The van der Waals surface area contributed by atoms with Gasteiger partial charge < -0.3 is 35.3 Å². The second-order valence-corrected chi connectivity index (χ2v) is 12.9. The zero-order valence-electron chi connectivity index (χ0n) is 25.4. The van der Waals surface area contributed by atoms with Gasteiger partial charge in [-0.1, -0.05) is 0 Å². The fourth-order valence-electron chi connectivity index (χ4n) is 6.96. The fourth-order valence-corrected chi connectivity index (χ4v) is 6.96. The minimum atomic E-state index is -1.25. The van der Waals surface area contributed by atoms with Crippen LogP contribution in [0.1, 0.15) is 66.2 Å². The van der Waals surface area contributed by atoms with Gasteiger partial charge in [0.05, 0.1) is 0 Å². The van der Waals surface area contributed by atoms with Crippen molar-refractivity contribution < 1.29 is 33.4 Å². The first-order valence-corrected chi connectivity index (χ1v) is 14.9. The van der Waals surface area contributed by atoms with Gasteiger partial charge in [-0.15, -0.1) is 0 Å². The molecule has 0 aromatic carbocycles. The molecule has 1 aromatic rings. The molecule has 0 aliphatic heterocycles. The summed E-state index contributed by atoms with van der Waals surface area (Å²) in [6.07, 6.45) is 3.92. The van der Waals surface area contributed by atoms with E-state index in [4.69, 9.17) is 9.47 Å². The Labute approximate surface area is 250 Å². The van der Waals surface area contributed by atoms with Gasteiger partial charge in [-0.05, 0) is 95.1 Å². The highest BCUT2D eigenvalue weighted by atomic mass is 16.6. The number of carbonyl (C=O) groups excluding carboxylic acids is 5. The maximum atomic E-state index is 13.3. The zero-order chi connectivity index (χ0) is 31.5. The van der Waals surface area contributed by atoms with Crippen LogP contribution in [-0.4, -0.2) is 65.2 Å². The largest absolute Gasteiger partial charge is 0.452 e. The van der Waals surface area contributed by atoms with Crippen LogP contribution in [0.25, 0.3) is 0 Å². The van der Waals surface area contributed by atoms with E-state index in [-0.39, 0.29) is 37.0 Å². The Hall–Kier alpha value is -3.90. The van der Waals surface area contributed by atoms with Crippen LogP contribution < -0.4 is 26.8 Å². The van der Waals surface area contributed by atoms with Gasteiger partial charge in [0.2, 0.25) is 11.8 Å². The number of likely N-dealkylation sites (N-methyl/N-ethyl adjacent to an activating group) is 1. The first kappa shape index (κ1) is 32.0. The molecule has 236 valence electrons. The summed E-state index contributed by atoms with van der Waals surface area (Å²) < 4.78 is 11.6. The normalized spacial score (nSPS) is 24.9. The minimum absolute atomic E-state index is 0.0855. The molecule has 4 amide bonds. The van der Waals surface area contributed by atoms with Gasteiger partial charge in [-0.25, -0.2) is 4.79 Å². The van der Waals surface area contributed by atoms with Crippen molar-refractivity contribution in [2.45, 2.75) is 96.6 Å². The topological polar surface area (TPSA) is 174 Å². The number of carbonyl (C=O) groups is 5. The highest BCUT2D eigenvalue weighted by Crippen LogP contribution is 2.58. The van der Waals surface area contributed by atoms with Gasteiger partial charge in [0.25, 0.3) is 11.5 Å². The number of esters is 1. The molecule has 43 heavy (non-hydrogen) atoms. The Morgan fingerprint density at radius 1 is 1.02 bits per heavy atom. The van der Waals surface area contributed by atoms with Gasteiger partial charge in [-0.3, -0.25) is 24.0 Å². The molecule has 4 aliphatic rings. The van der Waals surface area contributed by atoms with E-state index < -0.39 is 47.2 Å². The maximum Gasteiger partial charge on any atom is 0.408 e. The van der Waals surface area contributed by atoms with Gasteiger partial charge in [-0.2, -0.15) is 0 Å². The van der Waals surface area contributed by atoms with Crippen molar-refractivity contribution in [3.8, 4) is 0 Å². The number of alkyl carbamates (subject to hydrolysis) is 1. The second-order valence-electron chi connectivity index (χ2n) is 12.9. The van der Waals surface area contributed by atoms with Crippen molar-refractivity contribution in [1.29, 1.82) is 0 Å². The molecule has 4 bridgehead atoms. The summed E-state index contributed by atoms with van der Waals surface area (Å²) in [6.45, 7) is 5.95. The van der Waals surface area contributed by atoms with Crippen LogP contribution in [0.3, 0.4) is 0 Å². The number of pyridine rings is 1. The number of aromatic nitrogens is 1. The lowest BCUT2D eigenvalue weighted by Crippen LogP contribution is -2.47. The SMILES string of the molecule is CNC(=O)C(CC[C@H](NC(=O)OC(C)(C)C)C(=O)Nc1cccn(CC(=O)NC2C3CC4CC(C3)C2C4)c1=O)OC(C)=O. The van der Waals surface area contributed by atoms with Crippen LogP contribution >= 0.6 is 0 Å². The molecule has 13 nitrogen and oxygen atoms in total. The van der Waals surface area contributed by atoms with Crippen LogP contribution in [-0.2, 0) is 35.2 Å². The van der Waals surface area contributed by atoms with Crippen molar-refractivity contribution in [2.24, 2.45) is 23.7 Å².